The van der Waals surface area contributed by atoms with Crippen LogP contribution < -0.4 is 15.2 Å². The number of hydrogen-bond acceptors (Lipinski definition) is 5. The number of ether oxygens (including phenoxy) is 1. The number of benzene rings is 1. The minimum atomic E-state index is -3.73. The number of nitrogens with two attached hydrogens (primary N) is 1. The zero-order valence-electron chi connectivity index (χ0n) is 11.2. The van der Waals surface area contributed by atoms with Gasteiger partial charge in [0.05, 0.1) is 18.5 Å². The van der Waals surface area contributed by atoms with Crippen LogP contribution in [0.4, 0.5) is 5.69 Å². The first-order chi connectivity index (χ1) is 9.47. The number of aryl methyl sites for hydroxylation is 1. The summed E-state index contributed by atoms with van der Waals surface area (Å²) in [6.07, 6.45) is 0. The minimum absolute atomic E-state index is 0.0448. The number of methoxy groups -OCH3 is 1. The summed E-state index contributed by atoms with van der Waals surface area (Å²) in [4.78, 5) is 0.0934. The molecule has 1 heterocycles. The molecule has 0 aliphatic carbocycles. The molecule has 20 heavy (non-hydrogen) atoms. The number of rotatable bonds is 5. The molecule has 108 valence electrons. The van der Waals surface area contributed by atoms with Crippen molar-refractivity contribution >= 4 is 15.7 Å². The van der Waals surface area contributed by atoms with E-state index in [1.807, 2.05) is 0 Å². The molecule has 2 rings (SSSR count). The van der Waals surface area contributed by atoms with Gasteiger partial charge in [-0.1, -0.05) is 0 Å². The van der Waals surface area contributed by atoms with Crippen molar-refractivity contribution in [3.8, 4) is 5.75 Å². The van der Waals surface area contributed by atoms with Gasteiger partial charge in [0.15, 0.2) is 0 Å². The zero-order valence-corrected chi connectivity index (χ0v) is 12.0. The van der Waals surface area contributed by atoms with Crippen molar-refractivity contribution in [1.29, 1.82) is 0 Å². The Morgan fingerprint density at radius 1 is 1.35 bits per heavy atom. The second kappa shape index (κ2) is 5.51. The quantitative estimate of drug-likeness (QED) is 0.762. The van der Waals surface area contributed by atoms with Gasteiger partial charge >= 0.3 is 0 Å². The van der Waals surface area contributed by atoms with Crippen molar-refractivity contribution in [1.82, 2.24) is 10.2 Å². The van der Waals surface area contributed by atoms with Crippen LogP contribution in [-0.4, -0.2) is 25.7 Å². The third kappa shape index (κ3) is 2.75. The molecule has 0 atom stereocenters. The Labute approximate surface area is 117 Å². The Kier molecular flexibility index (Phi) is 3.96. The van der Waals surface area contributed by atoms with Gasteiger partial charge in [0.1, 0.15) is 10.6 Å². The molecular formula is C12H16N4O3S. The van der Waals surface area contributed by atoms with E-state index in [2.05, 4.69) is 14.9 Å². The summed E-state index contributed by atoms with van der Waals surface area (Å²) in [7, 11) is -2.18. The first-order valence-electron chi connectivity index (χ1n) is 5.88. The fourth-order valence-corrected chi connectivity index (χ4v) is 3.27. The average molecular weight is 296 g/mol. The van der Waals surface area contributed by atoms with Gasteiger partial charge in [-0.3, -0.25) is 9.82 Å². The highest BCUT2D eigenvalue weighted by Gasteiger charge is 2.23. The smallest absolute Gasteiger partial charge is 0.265 e. The van der Waals surface area contributed by atoms with E-state index < -0.39 is 10.0 Å². The maximum Gasteiger partial charge on any atom is 0.265 e. The van der Waals surface area contributed by atoms with Crippen LogP contribution in [0.25, 0.3) is 0 Å². The third-order valence-corrected chi connectivity index (χ3v) is 4.35. The van der Waals surface area contributed by atoms with Crippen molar-refractivity contribution in [2.75, 3.05) is 11.8 Å². The topological polar surface area (TPSA) is 110 Å². The molecule has 0 aliphatic heterocycles. The highest BCUT2D eigenvalue weighted by atomic mass is 32.2. The predicted molar refractivity (Wildman–Crippen MR) is 75.0 cm³/mol. The van der Waals surface area contributed by atoms with Gasteiger partial charge in [-0.05, 0) is 31.2 Å². The monoisotopic (exact) mass is 296 g/mol. The largest absolute Gasteiger partial charge is 0.497 e. The molecule has 0 unspecified atom stereocenters. The summed E-state index contributed by atoms with van der Waals surface area (Å²) in [5, 5.41) is 6.51. The molecule has 0 fully saturated rings. The molecule has 0 amide bonds. The number of aromatic amines is 1. The van der Waals surface area contributed by atoms with E-state index in [-0.39, 0.29) is 11.4 Å². The van der Waals surface area contributed by atoms with Gasteiger partial charge < -0.3 is 10.5 Å². The first kappa shape index (κ1) is 14.4. The van der Waals surface area contributed by atoms with Crippen LogP contribution >= 0.6 is 0 Å². The SMILES string of the molecule is COc1ccc(NS(=O)(=O)c2c(CN)n[nH]c2C)cc1. The summed E-state index contributed by atoms with van der Waals surface area (Å²) < 4.78 is 32.2. The third-order valence-electron chi connectivity index (χ3n) is 2.77. The van der Waals surface area contributed by atoms with Gasteiger partial charge in [-0.2, -0.15) is 5.10 Å². The first-order valence-corrected chi connectivity index (χ1v) is 7.37. The van der Waals surface area contributed by atoms with Crippen LogP contribution in [-0.2, 0) is 16.6 Å². The van der Waals surface area contributed by atoms with Gasteiger partial charge in [0.2, 0.25) is 0 Å². The molecular weight excluding hydrogens is 280 g/mol. The van der Waals surface area contributed by atoms with Crippen LogP contribution in [0.2, 0.25) is 0 Å². The van der Waals surface area contributed by atoms with Crippen molar-refractivity contribution in [2.45, 2.75) is 18.4 Å². The standard InChI is InChI=1S/C12H16N4O3S/c1-8-12(11(7-13)15-14-8)20(17,18)16-9-3-5-10(19-2)6-4-9/h3-6,16H,7,13H2,1-2H3,(H,14,15). The van der Waals surface area contributed by atoms with E-state index >= 15 is 0 Å². The molecule has 0 radical (unpaired) electrons. The van der Waals surface area contributed by atoms with Crippen molar-refractivity contribution in [3.63, 3.8) is 0 Å². The van der Waals surface area contributed by atoms with Crippen LogP contribution in [0.15, 0.2) is 29.2 Å². The van der Waals surface area contributed by atoms with E-state index in [0.717, 1.165) is 0 Å². The number of anilines is 1. The Balaban J connectivity index is 2.32. The van der Waals surface area contributed by atoms with E-state index in [9.17, 15) is 8.42 Å². The molecule has 0 saturated heterocycles. The van der Waals surface area contributed by atoms with Crippen molar-refractivity contribution in [2.24, 2.45) is 5.73 Å². The van der Waals surface area contributed by atoms with Crippen LogP contribution in [0, 0.1) is 6.92 Å². The zero-order chi connectivity index (χ0) is 14.8. The molecule has 1 aromatic heterocycles. The number of nitrogens with zero attached hydrogens (tertiary/aromatic N) is 1. The molecule has 0 aliphatic rings. The lowest BCUT2D eigenvalue weighted by atomic mass is 10.3. The van der Waals surface area contributed by atoms with E-state index in [4.69, 9.17) is 10.5 Å². The number of sulfonamides is 1. The van der Waals surface area contributed by atoms with Crippen molar-refractivity contribution in [3.05, 3.63) is 35.7 Å². The molecule has 1 aromatic carbocycles. The Hall–Kier alpha value is -2.06. The van der Waals surface area contributed by atoms with Crippen LogP contribution in [0.3, 0.4) is 0 Å². The Bertz CT molecular complexity index is 692. The molecule has 4 N–H and O–H groups in total. The lowest BCUT2D eigenvalue weighted by Gasteiger charge is -2.09. The second-order valence-corrected chi connectivity index (χ2v) is 5.78. The summed E-state index contributed by atoms with van der Waals surface area (Å²) >= 11 is 0. The highest BCUT2D eigenvalue weighted by molar-refractivity contribution is 7.92. The summed E-state index contributed by atoms with van der Waals surface area (Å²) in [6.45, 7) is 1.68. The molecule has 0 bridgehead atoms. The second-order valence-electron chi connectivity index (χ2n) is 4.16. The minimum Gasteiger partial charge on any atom is -0.497 e. The molecule has 0 saturated carbocycles. The number of aromatic nitrogens is 2. The fraction of sp³-hybridized carbons (Fsp3) is 0.250. The maximum atomic E-state index is 12.4. The molecule has 2 aromatic rings. The summed E-state index contributed by atoms with van der Waals surface area (Å²) in [5.74, 6) is 0.648. The lowest BCUT2D eigenvalue weighted by molar-refractivity contribution is 0.415. The van der Waals surface area contributed by atoms with Crippen LogP contribution in [0.1, 0.15) is 11.4 Å². The normalized spacial score (nSPS) is 11.3. The lowest BCUT2D eigenvalue weighted by Crippen LogP contribution is -2.16. The van der Waals surface area contributed by atoms with E-state index in [1.54, 1.807) is 38.3 Å². The number of hydrogen-bond donors (Lipinski definition) is 3. The summed E-state index contributed by atoms with van der Waals surface area (Å²) in [6, 6.07) is 6.58. The van der Waals surface area contributed by atoms with Gasteiger partial charge in [0, 0.05) is 12.2 Å². The van der Waals surface area contributed by atoms with Crippen LogP contribution in [0.5, 0.6) is 5.75 Å². The van der Waals surface area contributed by atoms with Gasteiger partial charge in [-0.15, -0.1) is 0 Å². The fourth-order valence-electron chi connectivity index (χ4n) is 1.83. The molecule has 8 heteroatoms. The van der Waals surface area contributed by atoms with E-state index in [1.165, 1.54) is 0 Å². The average Bonchev–Trinajstić information content (AvgIpc) is 2.81. The summed E-state index contributed by atoms with van der Waals surface area (Å²) in [5.41, 5.74) is 6.70. The van der Waals surface area contributed by atoms with Gasteiger partial charge in [-0.25, -0.2) is 8.42 Å². The Morgan fingerprint density at radius 2 is 2.00 bits per heavy atom. The predicted octanol–water partition coefficient (Wildman–Crippen LogP) is 0.986. The van der Waals surface area contributed by atoms with Crippen molar-refractivity contribution < 1.29 is 13.2 Å². The molecule has 0 spiro atoms. The maximum absolute atomic E-state index is 12.4. The number of H-pyrrole nitrogens is 1. The van der Waals surface area contributed by atoms with E-state index in [0.29, 0.717) is 22.8 Å². The molecule has 7 nitrogen and oxygen atoms in total. The highest BCUT2D eigenvalue weighted by Crippen LogP contribution is 2.22. The number of nitrogens with one attached hydrogen (secondary N) is 2. The Morgan fingerprint density at radius 3 is 2.55 bits per heavy atom. The van der Waals surface area contributed by atoms with Gasteiger partial charge in [0.25, 0.3) is 10.0 Å².